The molecule has 0 aliphatic rings. The Bertz CT molecular complexity index is 870. The third-order valence-electron chi connectivity index (χ3n) is 3.32. The average molecular weight is 397 g/mol. The van der Waals surface area contributed by atoms with E-state index in [-0.39, 0.29) is 49.1 Å². The van der Waals surface area contributed by atoms with Crippen LogP contribution in [0.3, 0.4) is 0 Å². The number of rotatable bonds is 6. The van der Waals surface area contributed by atoms with Crippen molar-refractivity contribution in [3.05, 3.63) is 51.5 Å². The lowest BCUT2D eigenvalue weighted by Gasteiger charge is -2.11. The summed E-state index contributed by atoms with van der Waals surface area (Å²) in [5.74, 6) is -0.243. The minimum atomic E-state index is -0.545. The van der Waals surface area contributed by atoms with Crippen LogP contribution >= 0.6 is 12.4 Å². The molecule has 2 aromatic rings. The molecule has 2 amide bonds. The van der Waals surface area contributed by atoms with E-state index in [1.165, 1.54) is 18.3 Å². The first-order chi connectivity index (χ1) is 12.4. The quantitative estimate of drug-likeness (QED) is 0.528. The number of ether oxygens (including phenoxy) is 1. The van der Waals surface area contributed by atoms with Gasteiger partial charge in [-0.3, -0.25) is 9.78 Å². The van der Waals surface area contributed by atoms with E-state index >= 15 is 0 Å². The number of hydrogen-bond acceptors (Lipinski definition) is 7. The number of nitrogens with one attached hydrogen (secondary N) is 3. The van der Waals surface area contributed by atoms with Crippen molar-refractivity contribution in [2.45, 2.75) is 26.9 Å². The highest BCUT2D eigenvalue weighted by molar-refractivity contribution is 5.94. The topological polar surface area (TPSA) is 152 Å². The number of carbonyl (C=O) groups excluding carboxylic acids is 2. The fourth-order valence-electron chi connectivity index (χ4n) is 2.07. The van der Waals surface area contributed by atoms with Gasteiger partial charge in [-0.05, 0) is 19.9 Å². The summed E-state index contributed by atoms with van der Waals surface area (Å²) in [6.07, 6.45) is 1.38. The van der Waals surface area contributed by atoms with E-state index in [4.69, 9.17) is 10.5 Å². The number of amides is 2. The van der Waals surface area contributed by atoms with Gasteiger partial charge in [0.2, 0.25) is 0 Å². The molecule has 5 N–H and O–H groups in total. The molecule has 0 aliphatic heterocycles. The van der Waals surface area contributed by atoms with Crippen molar-refractivity contribution in [2.75, 3.05) is 11.9 Å². The maximum Gasteiger partial charge on any atom is 0.339 e. The van der Waals surface area contributed by atoms with E-state index < -0.39 is 12.0 Å². The molecule has 11 heteroatoms. The first kappa shape index (κ1) is 22.1. The van der Waals surface area contributed by atoms with Crippen LogP contribution in [0.25, 0.3) is 0 Å². The van der Waals surface area contributed by atoms with Crippen LogP contribution in [0, 0.1) is 6.92 Å². The number of aryl methyl sites for hydroxylation is 1. The summed E-state index contributed by atoms with van der Waals surface area (Å²) in [5.41, 5.74) is 6.67. The van der Waals surface area contributed by atoms with Crippen LogP contribution < -0.4 is 21.9 Å². The maximum absolute atomic E-state index is 12.1. The maximum atomic E-state index is 12.1. The van der Waals surface area contributed by atoms with Gasteiger partial charge in [0, 0.05) is 18.8 Å². The molecule has 0 fully saturated rings. The van der Waals surface area contributed by atoms with E-state index in [0.29, 0.717) is 17.1 Å². The fourth-order valence-corrected chi connectivity index (χ4v) is 2.07. The van der Waals surface area contributed by atoms with E-state index in [9.17, 15) is 14.4 Å². The van der Waals surface area contributed by atoms with Crippen molar-refractivity contribution in [3.8, 4) is 0 Å². The summed E-state index contributed by atoms with van der Waals surface area (Å²) >= 11 is 0. The molecule has 2 aromatic heterocycles. The minimum Gasteiger partial charge on any atom is -0.462 e. The van der Waals surface area contributed by atoms with Gasteiger partial charge in [-0.1, -0.05) is 0 Å². The highest BCUT2D eigenvalue weighted by Crippen LogP contribution is 2.15. The van der Waals surface area contributed by atoms with Gasteiger partial charge >= 0.3 is 12.0 Å². The monoisotopic (exact) mass is 396 g/mol. The summed E-state index contributed by atoms with van der Waals surface area (Å²) < 4.78 is 4.91. The van der Waals surface area contributed by atoms with Crippen molar-refractivity contribution >= 4 is 30.1 Å². The third-order valence-corrected chi connectivity index (χ3v) is 3.32. The number of hydrogen-bond donors (Lipinski definition) is 4. The van der Waals surface area contributed by atoms with Crippen molar-refractivity contribution in [2.24, 2.45) is 5.73 Å². The molecular weight excluding hydrogens is 376 g/mol. The summed E-state index contributed by atoms with van der Waals surface area (Å²) in [6, 6.07) is 2.23. The first-order valence-electron chi connectivity index (χ1n) is 7.90. The van der Waals surface area contributed by atoms with E-state index in [0.717, 1.165) is 0 Å². The molecule has 10 nitrogen and oxygen atoms in total. The van der Waals surface area contributed by atoms with E-state index in [1.807, 2.05) is 0 Å². The van der Waals surface area contributed by atoms with Crippen molar-refractivity contribution in [1.29, 1.82) is 0 Å². The summed E-state index contributed by atoms with van der Waals surface area (Å²) in [4.78, 5) is 46.0. The molecule has 0 aliphatic carbocycles. The van der Waals surface area contributed by atoms with Crippen LogP contribution in [0.15, 0.2) is 23.1 Å². The normalized spacial score (nSPS) is 9.89. The van der Waals surface area contributed by atoms with Crippen molar-refractivity contribution in [3.63, 3.8) is 0 Å². The van der Waals surface area contributed by atoms with Gasteiger partial charge in [0.05, 0.1) is 35.8 Å². The van der Waals surface area contributed by atoms with Crippen LogP contribution in [-0.4, -0.2) is 33.6 Å². The second-order valence-corrected chi connectivity index (χ2v) is 5.27. The summed E-state index contributed by atoms with van der Waals surface area (Å²) in [7, 11) is 0. The molecule has 27 heavy (non-hydrogen) atoms. The van der Waals surface area contributed by atoms with Gasteiger partial charge in [-0.2, -0.15) is 0 Å². The van der Waals surface area contributed by atoms with Gasteiger partial charge in [0.25, 0.3) is 5.56 Å². The SMILES string of the molecule is CCOC(=O)c1cnc(C)c(NC(=O)NCc2nc(CN)cc(=O)[nH]2)c1.Cl. The molecule has 2 rings (SSSR count). The third kappa shape index (κ3) is 6.35. The largest absolute Gasteiger partial charge is 0.462 e. The van der Waals surface area contributed by atoms with Crippen LogP contribution in [0.5, 0.6) is 0 Å². The number of nitrogens with zero attached hydrogens (tertiary/aromatic N) is 2. The fraction of sp³-hybridized carbons (Fsp3) is 0.312. The Morgan fingerprint density at radius 2 is 2.07 bits per heavy atom. The van der Waals surface area contributed by atoms with Gasteiger partial charge in [0.15, 0.2) is 0 Å². The number of aromatic amines is 1. The number of esters is 1. The molecule has 0 radical (unpaired) electrons. The zero-order chi connectivity index (χ0) is 19.1. The molecule has 146 valence electrons. The Morgan fingerprint density at radius 1 is 1.33 bits per heavy atom. The van der Waals surface area contributed by atoms with E-state index in [2.05, 4.69) is 25.6 Å². The van der Waals surface area contributed by atoms with E-state index in [1.54, 1.807) is 13.8 Å². The number of urea groups is 1. The Hall–Kier alpha value is -2.98. The van der Waals surface area contributed by atoms with Gasteiger partial charge in [-0.25, -0.2) is 14.6 Å². The highest BCUT2D eigenvalue weighted by Gasteiger charge is 2.12. The molecule has 0 aromatic carbocycles. The number of aromatic nitrogens is 3. The second kappa shape index (κ2) is 10.2. The zero-order valence-corrected chi connectivity index (χ0v) is 15.7. The Labute approximate surface area is 161 Å². The van der Waals surface area contributed by atoms with Crippen LogP contribution in [-0.2, 0) is 17.8 Å². The minimum absolute atomic E-state index is 0. The summed E-state index contributed by atoms with van der Waals surface area (Å²) in [5, 5.41) is 5.16. The highest BCUT2D eigenvalue weighted by atomic mass is 35.5. The lowest BCUT2D eigenvalue weighted by Crippen LogP contribution is -2.30. The second-order valence-electron chi connectivity index (χ2n) is 5.27. The molecule has 0 bridgehead atoms. The predicted octanol–water partition coefficient (Wildman–Crippen LogP) is 0.852. The Balaban J connectivity index is 0.00000364. The predicted molar refractivity (Wildman–Crippen MR) is 101 cm³/mol. The zero-order valence-electron chi connectivity index (χ0n) is 14.9. The number of halogens is 1. The number of carbonyl (C=O) groups is 2. The molecule has 0 saturated carbocycles. The van der Waals surface area contributed by atoms with Crippen molar-refractivity contribution in [1.82, 2.24) is 20.3 Å². The Kier molecular flexibility index (Phi) is 8.36. The lowest BCUT2D eigenvalue weighted by molar-refractivity contribution is 0.0526. The molecule has 0 unspecified atom stereocenters. The number of anilines is 1. The first-order valence-corrected chi connectivity index (χ1v) is 7.90. The van der Waals surface area contributed by atoms with Crippen LogP contribution in [0.4, 0.5) is 10.5 Å². The Morgan fingerprint density at radius 3 is 2.74 bits per heavy atom. The van der Waals surface area contributed by atoms with Crippen molar-refractivity contribution < 1.29 is 14.3 Å². The molecule has 2 heterocycles. The molecule has 0 spiro atoms. The number of H-pyrrole nitrogens is 1. The molecule has 0 saturated heterocycles. The van der Waals surface area contributed by atoms with Gasteiger partial charge in [0.1, 0.15) is 5.82 Å². The molecular formula is C16H21ClN6O4. The number of pyridine rings is 1. The standard InChI is InChI=1S/C16H20N6O4.ClH/c1-3-26-15(24)10-4-12(9(2)18-7-10)21-16(25)19-8-13-20-11(6-17)5-14(23)22-13;/h4-5,7H,3,6,8,17H2,1-2H3,(H2,19,21,25)(H,20,22,23);1H. The average Bonchev–Trinajstić information content (AvgIpc) is 2.61. The van der Waals surface area contributed by atoms with Crippen LogP contribution in [0.2, 0.25) is 0 Å². The number of nitrogens with two attached hydrogens (primary N) is 1. The smallest absolute Gasteiger partial charge is 0.339 e. The molecule has 0 atom stereocenters. The van der Waals surface area contributed by atoms with Gasteiger partial charge < -0.3 is 26.1 Å². The van der Waals surface area contributed by atoms with Crippen LogP contribution in [0.1, 0.15) is 34.5 Å². The lowest BCUT2D eigenvalue weighted by atomic mass is 10.2. The van der Waals surface area contributed by atoms with Gasteiger partial charge in [-0.15, -0.1) is 12.4 Å². The summed E-state index contributed by atoms with van der Waals surface area (Å²) in [6.45, 7) is 3.75.